The lowest BCUT2D eigenvalue weighted by Gasteiger charge is -2.14. The van der Waals surface area contributed by atoms with Crippen molar-refractivity contribution in [3.05, 3.63) is 66.0 Å². The molecule has 144 valence electrons. The zero-order valence-electron chi connectivity index (χ0n) is 14.5. The van der Waals surface area contributed by atoms with Crippen molar-refractivity contribution in [3.63, 3.8) is 0 Å². The first-order valence-electron chi connectivity index (χ1n) is 8.10. The molecule has 0 bridgehead atoms. The van der Waals surface area contributed by atoms with Crippen LogP contribution in [-0.2, 0) is 18.3 Å². The monoisotopic (exact) mass is 396 g/mol. The molecule has 3 aromatic rings. The first-order valence-corrected chi connectivity index (χ1v) is 8.73. The van der Waals surface area contributed by atoms with Gasteiger partial charge >= 0.3 is 12.1 Å². The lowest BCUT2D eigenvalue weighted by molar-refractivity contribution is -0.192. The Balaban J connectivity index is 0.000000321. The predicted octanol–water partition coefficient (Wildman–Crippen LogP) is 4.46. The number of nitrogens with zero attached hydrogens (tertiary/aromatic N) is 2. The number of imidazole rings is 1. The van der Waals surface area contributed by atoms with Crippen molar-refractivity contribution in [2.75, 3.05) is 5.75 Å². The number of aliphatic carboxylic acids is 1. The fourth-order valence-electron chi connectivity index (χ4n) is 2.67. The van der Waals surface area contributed by atoms with Crippen molar-refractivity contribution in [3.8, 4) is 0 Å². The fourth-order valence-corrected chi connectivity index (χ4v) is 2.96. The second-order valence-electron chi connectivity index (χ2n) is 5.89. The van der Waals surface area contributed by atoms with E-state index in [1.807, 2.05) is 12.1 Å². The van der Waals surface area contributed by atoms with E-state index < -0.39 is 12.1 Å². The number of hydrogen-bond acceptors (Lipinski definition) is 3. The van der Waals surface area contributed by atoms with Crippen LogP contribution in [0.25, 0.3) is 11.0 Å². The summed E-state index contributed by atoms with van der Waals surface area (Å²) in [7, 11) is 2.09. The molecule has 8 heteroatoms. The Labute approximate surface area is 160 Å². The molecule has 0 aliphatic heterocycles. The summed E-state index contributed by atoms with van der Waals surface area (Å²) in [6.45, 7) is 0. The molecule has 4 nitrogen and oxygen atoms in total. The SMILES string of the molecule is Cn1c([C@@H](CS)Cc2ccccc2)nc2ccccc21.O=C(O)C(F)(F)F. The van der Waals surface area contributed by atoms with Gasteiger partial charge in [0.25, 0.3) is 0 Å². The molecule has 0 fully saturated rings. The molecule has 0 spiro atoms. The van der Waals surface area contributed by atoms with Gasteiger partial charge in [0.2, 0.25) is 0 Å². The van der Waals surface area contributed by atoms with E-state index in [9.17, 15) is 13.2 Å². The van der Waals surface area contributed by atoms with Gasteiger partial charge in [-0.05, 0) is 24.1 Å². The number of halogens is 3. The van der Waals surface area contributed by atoms with Crippen LogP contribution in [0.3, 0.4) is 0 Å². The van der Waals surface area contributed by atoms with Crippen LogP contribution in [0.5, 0.6) is 0 Å². The van der Waals surface area contributed by atoms with E-state index in [0.29, 0.717) is 5.92 Å². The van der Waals surface area contributed by atoms with E-state index in [4.69, 9.17) is 14.9 Å². The minimum absolute atomic E-state index is 0.332. The summed E-state index contributed by atoms with van der Waals surface area (Å²) in [4.78, 5) is 13.7. The lowest BCUT2D eigenvalue weighted by atomic mass is 10.0. The molecular formula is C19H19F3N2O2S. The molecule has 0 saturated carbocycles. The standard InChI is InChI=1S/C17H18N2S.C2HF3O2/c1-19-16-10-6-5-9-15(16)18-17(19)14(12-20)11-13-7-3-2-4-8-13;3-2(4,5)1(6)7/h2-10,14,20H,11-12H2,1H3;(H,6,7)/t14-;/m1./s1. The number of thiol groups is 1. The van der Waals surface area contributed by atoms with Gasteiger partial charge in [-0.2, -0.15) is 25.8 Å². The maximum Gasteiger partial charge on any atom is 0.490 e. The molecule has 0 aliphatic carbocycles. The van der Waals surface area contributed by atoms with Crippen LogP contribution >= 0.6 is 12.6 Å². The van der Waals surface area contributed by atoms with Gasteiger partial charge in [-0.15, -0.1) is 0 Å². The number of aryl methyl sites for hydroxylation is 1. The molecule has 1 N–H and O–H groups in total. The van der Waals surface area contributed by atoms with Crippen molar-refractivity contribution >= 4 is 29.6 Å². The van der Waals surface area contributed by atoms with Crippen molar-refractivity contribution in [2.24, 2.45) is 7.05 Å². The maximum atomic E-state index is 10.6. The number of aromatic nitrogens is 2. The van der Waals surface area contributed by atoms with Gasteiger partial charge < -0.3 is 9.67 Å². The number of rotatable bonds is 4. The summed E-state index contributed by atoms with van der Waals surface area (Å²) in [5.41, 5.74) is 3.57. The Kier molecular flexibility index (Phi) is 6.90. The van der Waals surface area contributed by atoms with Gasteiger partial charge in [-0.25, -0.2) is 9.78 Å². The number of carboxylic acids is 1. The maximum absolute atomic E-state index is 10.6. The summed E-state index contributed by atoms with van der Waals surface area (Å²) in [6.07, 6.45) is -4.11. The molecule has 0 saturated heterocycles. The lowest BCUT2D eigenvalue weighted by Crippen LogP contribution is -2.21. The number of alkyl halides is 3. The minimum Gasteiger partial charge on any atom is -0.475 e. The van der Waals surface area contributed by atoms with Gasteiger partial charge in [-0.1, -0.05) is 42.5 Å². The summed E-state index contributed by atoms with van der Waals surface area (Å²) < 4.78 is 33.9. The highest BCUT2D eigenvalue weighted by Crippen LogP contribution is 2.25. The van der Waals surface area contributed by atoms with Crippen molar-refractivity contribution in [1.29, 1.82) is 0 Å². The molecule has 1 aromatic heterocycles. The number of carboxylic acid groups (broad SMARTS) is 1. The summed E-state index contributed by atoms with van der Waals surface area (Å²) in [6, 6.07) is 18.8. The van der Waals surface area contributed by atoms with Gasteiger partial charge in [0.1, 0.15) is 5.82 Å². The van der Waals surface area contributed by atoms with Gasteiger partial charge in [-0.3, -0.25) is 0 Å². The molecule has 1 heterocycles. The number of para-hydroxylation sites is 2. The summed E-state index contributed by atoms with van der Waals surface area (Å²) in [5.74, 6) is -0.512. The van der Waals surface area contributed by atoms with Crippen LogP contribution in [0, 0.1) is 0 Å². The topological polar surface area (TPSA) is 55.1 Å². The highest BCUT2D eigenvalue weighted by Gasteiger charge is 2.38. The van der Waals surface area contributed by atoms with Gasteiger partial charge in [0.05, 0.1) is 11.0 Å². The van der Waals surface area contributed by atoms with E-state index >= 15 is 0 Å². The van der Waals surface area contributed by atoms with Crippen molar-refractivity contribution in [1.82, 2.24) is 9.55 Å². The normalized spacial score (nSPS) is 12.3. The highest BCUT2D eigenvalue weighted by molar-refractivity contribution is 7.80. The van der Waals surface area contributed by atoms with E-state index in [0.717, 1.165) is 23.5 Å². The first kappa shape index (κ1) is 20.8. The molecular weight excluding hydrogens is 377 g/mol. The third-order valence-electron chi connectivity index (χ3n) is 3.97. The second-order valence-corrected chi connectivity index (χ2v) is 6.26. The average Bonchev–Trinajstić information content (AvgIpc) is 2.97. The van der Waals surface area contributed by atoms with Gasteiger partial charge in [0.15, 0.2) is 0 Å². The molecule has 0 amide bonds. The smallest absolute Gasteiger partial charge is 0.475 e. The summed E-state index contributed by atoms with van der Waals surface area (Å²) >= 11 is 4.53. The van der Waals surface area contributed by atoms with Crippen molar-refractivity contribution in [2.45, 2.75) is 18.5 Å². The number of benzene rings is 2. The van der Waals surface area contributed by atoms with E-state index in [1.165, 1.54) is 11.1 Å². The van der Waals surface area contributed by atoms with Gasteiger partial charge in [0, 0.05) is 18.7 Å². The average molecular weight is 396 g/mol. The van der Waals surface area contributed by atoms with E-state index in [2.05, 4.69) is 66.7 Å². The van der Waals surface area contributed by atoms with Crippen LogP contribution < -0.4 is 0 Å². The zero-order chi connectivity index (χ0) is 20.0. The molecule has 3 rings (SSSR count). The quantitative estimate of drug-likeness (QED) is 0.640. The largest absolute Gasteiger partial charge is 0.490 e. The van der Waals surface area contributed by atoms with Crippen LogP contribution in [0.1, 0.15) is 17.3 Å². The van der Waals surface area contributed by atoms with E-state index in [1.54, 1.807) is 0 Å². The Morgan fingerprint density at radius 1 is 1.15 bits per heavy atom. The van der Waals surface area contributed by atoms with Crippen LogP contribution in [-0.4, -0.2) is 32.6 Å². The Bertz CT molecular complexity index is 895. The molecule has 1 atom stereocenters. The Hall–Kier alpha value is -2.48. The second kappa shape index (κ2) is 8.94. The van der Waals surface area contributed by atoms with Crippen LogP contribution in [0.15, 0.2) is 54.6 Å². The Morgan fingerprint density at radius 2 is 1.70 bits per heavy atom. The van der Waals surface area contributed by atoms with E-state index in [-0.39, 0.29) is 0 Å². The molecule has 2 aromatic carbocycles. The third kappa shape index (κ3) is 5.50. The highest BCUT2D eigenvalue weighted by atomic mass is 32.1. The fraction of sp³-hybridized carbons (Fsp3) is 0.263. The third-order valence-corrected chi connectivity index (χ3v) is 4.42. The number of hydrogen-bond donors (Lipinski definition) is 2. The summed E-state index contributed by atoms with van der Waals surface area (Å²) in [5, 5.41) is 7.12. The molecule has 0 radical (unpaired) electrons. The zero-order valence-corrected chi connectivity index (χ0v) is 15.4. The van der Waals surface area contributed by atoms with Crippen LogP contribution in [0.2, 0.25) is 0 Å². The first-order chi connectivity index (χ1) is 12.7. The number of carbonyl (C=O) groups is 1. The number of fused-ring (bicyclic) bond motifs is 1. The van der Waals surface area contributed by atoms with Crippen LogP contribution in [0.4, 0.5) is 13.2 Å². The predicted molar refractivity (Wildman–Crippen MR) is 101 cm³/mol. The molecule has 0 aliphatic rings. The van der Waals surface area contributed by atoms with Crippen molar-refractivity contribution < 1.29 is 23.1 Å². The molecule has 27 heavy (non-hydrogen) atoms. The minimum atomic E-state index is -5.08. The molecule has 0 unspecified atom stereocenters. The Morgan fingerprint density at radius 3 is 2.22 bits per heavy atom.